The quantitative estimate of drug-likeness (QED) is 0.556. The zero-order valence-corrected chi connectivity index (χ0v) is 14.1. The molecule has 0 saturated heterocycles. The number of hydrogen-bond acceptors (Lipinski definition) is 0. The van der Waals surface area contributed by atoms with E-state index in [0.717, 1.165) is 5.56 Å². The monoisotopic (exact) mass is 334 g/mol. The Kier molecular flexibility index (Phi) is 5.85. The van der Waals surface area contributed by atoms with Gasteiger partial charge in [0.2, 0.25) is 0 Å². The van der Waals surface area contributed by atoms with Gasteiger partial charge in [0.25, 0.3) is 0 Å². The maximum absolute atomic E-state index is 4.27. The summed E-state index contributed by atoms with van der Waals surface area (Å²) in [5, 5.41) is 0. The van der Waals surface area contributed by atoms with E-state index in [-0.39, 0.29) is 0 Å². The normalized spacial score (nSPS) is 10.5. The second-order valence-electron chi connectivity index (χ2n) is 4.44. The van der Waals surface area contributed by atoms with Crippen molar-refractivity contribution in [2.75, 3.05) is 0 Å². The third kappa shape index (κ3) is 3.64. The summed E-state index contributed by atoms with van der Waals surface area (Å²) >= 11 is -2.13. The van der Waals surface area contributed by atoms with E-state index in [2.05, 4.69) is 51.3 Å². The molecule has 0 unspecified atom stereocenters. The molecule has 0 bridgehead atoms. The molecule has 0 saturated carbocycles. The topological polar surface area (TPSA) is 0 Å². The SMILES string of the molecule is C=[C](C#Cc1ccccc1)[Sn]([CH2]C)([CH2]C)[CH2]C. The molecule has 0 atom stereocenters. The summed E-state index contributed by atoms with van der Waals surface area (Å²) in [7, 11) is 0. The molecule has 0 N–H and O–H groups in total. The third-order valence-corrected chi connectivity index (χ3v) is 19.4. The molecule has 0 spiro atoms. The molecule has 1 aromatic carbocycles. The second-order valence-corrected chi connectivity index (χ2v) is 19.5. The Morgan fingerprint density at radius 2 is 1.59 bits per heavy atom. The van der Waals surface area contributed by atoms with Crippen LogP contribution < -0.4 is 0 Å². The predicted molar refractivity (Wildman–Crippen MR) is 79.7 cm³/mol. The molecule has 0 aliphatic carbocycles. The van der Waals surface area contributed by atoms with Crippen molar-refractivity contribution in [3.8, 4) is 11.8 Å². The molecule has 0 aliphatic heterocycles. The molecule has 0 nitrogen and oxygen atoms in total. The van der Waals surface area contributed by atoms with Gasteiger partial charge >= 0.3 is 110 Å². The van der Waals surface area contributed by atoms with E-state index in [9.17, 15) is 0 Å². The van der Waals surface area contributed by atoms with Gasteiger partial charge in [-0.2, -0.15) is 0 Å². The molecule has 0 fully saturated rings. The molecule has 0 radical (unpaired) electrons. The number of hydrogen-bond donors (Lipinski definition) is 0. The van der Waals surface area contributed by atoms with Crippen molar-refractivity contribution in [2.45, 2.75) is 34.1 Å². The number of rotatable bonds is 4. The van der Waals surface area contributed by atoms with Crippen LogP contribution in [0.1, 0.15) is 26.3 Å². The van der Waals surface area contributed by atoms with Gasteiger partial charge in [0.15, 0.2) is 0 Å². The fourth-order valence-electron chi connectivity index (χ4n) is 2.19. The summed E-state index contributed by atoms with van der Waals surface area (Å²) in [6, 6.07) is 10.2. The Morgan fingerprint density at radius 1 is 1.06 bits per heavy atom. The van der Waals surface area contributed by atoms with E-state index in [4.69, 9.17) is 0 Å². The average molecular weight is 333 g/mol. The van der Waals surface area contributed by atoms with Crippen LogP contribution in [0.4, 0.5) is 0 Å². The summed E-state index contributed by atoms with van der Waals surface area (Å²) in [5.41, 5.74) is 1.09. The van der Waals surface area contributed by atoms with Gasteiger partial charge in [0.1, 0.15) is 0 Å². The van der Waals surface area contributed by atoms with Crippen molar-refractivity contribution in [3.05, 3.63) is 46.1 Å². The maximum atomic E-state index is 4.27. The minimum atomic E-state index is -2.13. The van der Waals surface area contributed by atoms with Gasteiger partial charge in [0.05, 0.1) is 0 Å². The Balaban J connectivity index is 2.89. The first kappa shape index (κ1) is 14.4. The predicted octanol–water partition coefficient (Wildman–Crippen LogP) is 4.64. The average Bonchev–Trinajstić information content (AvgIpc) is 2.40. The van der Waals surface area contributed by atoms with Crippen LogP contribution in [-0.2, 0) is 0 Å². The Morgan fingerprint density at radius 3 is 2.06 bits per heavy atom. The van der Waals surface area contributed by atoms with Crippen LogP contribution >= 0.6 is 0 Å². The van der Waals surface area contributed by atoms with Crippen molar-refractivity contribution >= 4 is 18.4 Å². The standard InChI is InChI=1S/C10H7.3C2H5.Sn/c1-2-3-7-10-8-5-4-6-9-10;3*1-2;/h4-6,8-9H,1H2;3*1H2,2H3;. The van der Waals surface area contributed by atoms with Crippen molar-refractivity contribution in [1.29, 1.82) is 0 Å². The van der Waals surface area contributed by atoms with Crippen LogP contribution in [0.5, 0.6) is 0 Å². The summed E-state index contributed by atoms with van der Waals surface area (Å²) in [4.78, 5) is 0. The molecule has 90 valence electrons. The molecule has 1 heteroatoms. The first-order valence-electron chi connectivity index (χ1n) is 6.45. The van der Waals surface area contributed by atoms with Crippen LogP contribution in [0.15, 0.2) is 40.5 Å². The summed E-state index contributed by atoms with van der Waals surface area (Å²) < 4.78 is 5.26. The van der Waals surface area contributed by atoms with E-state index >= 15 is 0 Å². The Hall–Kier alpha value is -0.681. The number of benzene rings is 1. The molecule has 17 heavy (non-hydrogen) atoms. The molecular weight excluding hydrogens is 311 g/mol. The van der Waals surface area contributed by atoms with Gasteiger partial charge in [-0.3, -0.25) is 0 Å². The van der Waals surface area contributed by atoms with Gasteiger partial charge in [-0.1, -0.05) is 0 Å². The van der Waals surface area contributed by atoms with Gasteiger partial charge in [0, 0.05) is 0 Å². The first-order valence-corrected chi connectivity index (χ1v) is 13.9. The van der Waals surface area contributed by atoms with Crippen LogP contribution in [-0.4, -0.2) is 18.4 Å². The van der Waals surface area contributed by atoms with E-state index in [1.807, 2.05) is 18.2 Å². The Labute approximate surface area is 110 Å². The van der Waals surface area contributed by atoms with Crippen molar-refractivity contribution in [2.24, 2.45) is 0 Å². The molecule has 0 heterocycles. The van der Waals surface area contributed by atoms with Crippen molar-refractivity contribution < 1.29 is 0 Å². The van der Waals surface area contributed by atoms with E-state index in [1.165, 1.54) is 16.9 Å². The second kappa shape index (κ2) is 6.91. The van der Waals surface area contributed by atoms with Crippen molar-refractivity contribution in [3.63, 3.8) is 0 Å². The Bertz CT molecular complexity index is 408. The third-order valence-electron chi connectivity index (χ3n) is 3.80. The van der Waals surface area contributed by atoms with Crippen molar-refractivity contribution in [1.82, 2.24) is 0 Å². The zero-order chi connectivity index (χ0) is 12.7. The summed E-state index contributed by atoms with van der Waals surface area (Å²) in [5.74, 6) is 6.60. The first-order chi connectivity index (χ1) is 8.18. The number of allylic oxidation sites excluding steroid dienone is 1. The molecule has 0 amide bonds. The fourth-order valence-corrected chi connectivity index (χ4v) is 11.1. The van der Waals surface area contributed by atoms with Gasteiger partial charge in [-0.15, -0.1) is 0 Å². The van der Waals surface area contributed by atoms with Gasteiger partial charge < -0.3 is 0 Å². The summed E-state index contributed by atoms with van der Waals surface area (Å²) in [6.07, 6.45) is 0. The zero-order valence-electron chi connectivity index (χ0n) is 11.2. The van der Waals surface area contributed by atoms with E-state index < -0.39 is 18.4 Å². The van der Waals surface area contributed by atoms with Crippen LogP contribution in [0.2, 0.25) is 13.3 Å². The molecule has 1 aromatic rings. The molecule has 0 aliphatic rings. The van der Waals surface area contributed by atoms with E-state index in [1.54, 1.807) is 0 Å². The van der Waals surface area contributed by atoms with Crippen LogP contribution in [0, 0.1) is 11.8 Å². The van der Waals surface area contributed by atoms with Gasteiger partial charge in [-0.05, 0) is 0 Å². The van der Waals surface area contributed by atoms with Gasteiger partial charge in [-0.25, -0.2) is 0 Å². The summed E-state index contributed by atoms with van der Waals surface area (Å²) in [6.45, 7) is 11.2. The molecule has 0 aromatic heterocycles. The molecule has 1 rings (SSSR count). The fraction of sp³-hybridized carbons (Fsp3) is 0.375. The minimum absolute atomic E-state index is 1.09. The van der Waals surface area contributed by atoms with E-state index in [0.29, 0.717) is 0 Å². The molecular formula is C16H22Sn. The van der Waals surface area contributed by atoms with Crippen LogP contribution in [0.3, 0.4) is 0 Å². The van der Waals surface area contributed by atoms with Crippen LogP contribution in [0.25, 0.3) is 0 Å².